The normalized spacial score (nSPS) is 21.7. The quantitative estimate of drug-likeness (QED) is 0.912. The molecule has 1 aromatic carbocycles. The van der Waals surface area contributed by atoms with Gasteiger partial charge in [-0.25, -0.2) is 0 Å². The van der Waals surface area contributed by atoms with Crippen molar-refractivity contribution < 1.29 is 4.74 Å². The molecule has 0 saturated carbocycles. The molecule has 4 heteroatoms. The second-order valence-electron chi connectivity index (χ2n) is 6.87. The standard InChI is InChI=1S/C16H25BrN2O/c1-15(2)11-19(16(3,4)10-18-15)9-12-6-7-14(20-5)13(17)8-12/h6-8,18H,9-11H2,1-5H3. The van der Waals surface area contributed by atoms with E-state index in [-0.39, 0.29) is 11.1 Å². The average Bonchev–Trinajstić information content (AvgIpc) is 2.35. The molecule has 1 heterocycles. The number of piperazine rings is 1. The van der Waals surface area contributed by atoms with Crippen molar-refractivity contribution in [1.82, 2.24) is 10.2 Å². The van der Waals surface area contributed by atoms with Gasteiger partial charge < -0.3 is 10.1 Å². The molecule has 112 valence electrons. The molecular formula is C16H25BrN2O. The van der Waals surface area contributed by atoms with E-state index in [4.69, 9.17) is 4.74 Å². The van der Waals surface area contributed by atoms with Crippen LogP contribution < -0.4 is 10.1 Å². The minimum atomic E-state index is 0.166. The van der Waals surface area contributed by atoms with Gasteiger partial charge in [-0.2, -0.15) is 0 Å². The molecule has 0 amide bonds. The van der Waals surface area contributed by atoms with Crippen molar-refractivity contribution in [2.45, 2.75) is 45.3 Å². The van der Waals surface area contributed by atoms with Crippen LogP contribution >= 0.6 is 15.9 Å². The molecule has 0 bridgehead atoms. The number of benzene rings is 1. The summed E-state index contributed by atoms with van der Waals surface area (Å²) in [4.78, 5) is 2.55. The molecule has 1 saturated heterocycles. The Morgan fingerprint density at radius 3 is 2.60 bits per heavy atom. The monoisotopic (exact) mass is 340 g/mol. The highest BCUT2D eigenvalue weighted by Crippen LogP contribution is 2.29. The molecular weight excluding hydrogens is 316 g/mol. The van der Waals surface area contributed by atoms with Crippen molar-refractivity contribution >= 4 is 15.9 Å². The molecule has 0 spiro atoms. The lowest BCUT2D eigenvalue weighted by atomic mass is 9.91. The summed E-state index contributed by atoms with van der Waals surface area (Å²) in [5.74, 6) is 0.883. The summed E-state index contributed by atoms with van der Waals surface area (Å²) < 4.78 is 6.31. The van der Waals surface area contributed by atoms with Gasteiger partial charge in [-0.15, -0.1) is 0 Å². The molecule has 2 rings (SSSR count). The summed E-state index contributed by atoms with van der Waals surface area (Å²) in [7, 11) is 1.70. The lowest BCUT2D eigenvalue weighted by Crippen LogP contribution is -2.65. The number of nitrogens with zero attached hydrogens (tertiary/aromatic N) is 1. The van der Waals surface area contributed by atoms with Crippen LogP contribution in [0.15, 0.2) is 22.7 Å². The van der Waals surface area contributed by atoms with Gasteiger partial charge in [0.05, 0.1) is 11.6 Å². The molecule has 0 aromatic heterocycles. The maximum Gasteiger partial charge on any atom is 0.133 e. The van der Waals surface area contributed by atoms with E-state index in [1.54, 1.807) is 7.11 Å². The first-order chi connectivity index (χ1) is 9.23. The van der Waals surface area contributed by atoms with E-state index in [2.05, 4.69) is 66.0 Å². The zero-order valence-corrected chi connectivity index (χ0v) is 14.7. The fourth-order valence-corrected chi connectivity index (χ4v) is 3.20. The number of hydrogen-bond acceptors (Lipinski definition) is 3. The molecule has 3 nitrogen and oxygen atoms in total. The molecule has 1 aromatic rings. The van der Waals surface area contributed by atoms with Crippen molar-refractivity contribution in [3.05, 3.63) is 28.2 Å². The zero-order chi connectivity index (χ0) is 15.0. The van der Waals surface area contributed by atoms with E-state index in [0.717, 1.165) is 29.9 Å². The topological polar surface area (TPSA) is 24.5 Å². The van der Waals surface area contributed by atoms with E-state index >= 15 is 0 Å². The van der Waals surface area contributed by atoms with Crippen LogP contribution in [0.5, 0.6) is 5.75 Å². The molecule has 20 heavy (non-hydrogen) atoms. The predicted octanol–water partition coefficient (Wildman–Crippen LogP) is 3.42. The van der Waals surface area contributed by atoms with Crippen LogP contribution in [0, 0.1) is 0 Å². The van der Waals surface area contributed by atoms with Crippen molar-refractivity contribution in [2.75, 3.05) is 20.2 Å². The maximum atomic E-state index is 5.29. The lowest BCUT2D eigenvalue weighted by Gasteiger charge is -2.49. The summed E-state index contributed by atoms with van der Waals surface area (Å²) >= 11 is 3.57. The van der Waals surface area contributed by atoms with Crippen molar-refractivity contribution in [1.29, 1.82) is 0 Å². The number of methoxy groups -OCH3 is 1. The fraction of sp³-hybridized carbons (Fsp3) is 0.625. The highest BCUT2D eigenvalue weighted by Gasteiger charge is 2.37. The van der Waals surface area contributed by atoms with Gasteiger partial charge >= 0.3 is 0 Å². The maximum absolute atomic E-state index is 5.29. The van der Waals surface area contributed by atoms with Crippen LogP contribution in [-0.2, 0) is 6.54 Å². The number of halogens is 1. The largest absolute Gasteiger partial charge is 0.496 e. The van der Waals surface area contributed by atoms with Gasteiger partial charge in [0.1, 0.15) is 5.75 Å². The van der Waals surface area contributed by atoms with Crippen molar-refractivity contribution in [3.63, 3.8) is 0 Å². The van der Waals surface area contributed by atoms with Crippen LogP contribution in [-0.4, -0.2) is 36.2 Å². The molecule has 0 aliphatic carbocycles. The number of nitrogens with one attached hydrogen (secondary N) is 1. The minimum Gasteiger partial charge on any atom is -0.496 e. The molecule has 0 atom stereocenters. The molecule has 0 radical (unpaired) electrons. The molecule has 0 unspecified atom stereocenters. The summed E-state index contributed by atoms with van der Waals surface area (Å²) in [6.07, 6.45) is 0. The van der Waals surface area contributed by atoms with Gasteiger partial charge in [0, 0.05) is 30.7 Å². The summed E-state index contributed by atoms with van der Waals surface area (Å²) in [5.41, 5.74) is 1.64. The lowest BCUT2D eigenvalue weighted by molar-refractivity contribution is 0.0323. The first-order valence-corrected chi connectivity index (χ1v) is 7.85. The molecule has 1 N–H and O–H groups in total. The van der Waals surface area contributed by atoms with Crippen LogP contribution in [0.25, 0.3) is 0 Å². The molecule has 1 fully saturated rings. The van der Waals surface area contributed by atoms with E-state index < -0.39 is 0 Å². The van der Waals surface area contributed by atoms with Gasteiger partial charge in [-0.1, -0.05) is 6.07 Å². The Kier molecular flexibility index (Phi) is 4.47. The first kappa shape index (κ1) is 15.8. The zero-order valence-electron chi connectivity index (χ0n) is 13.1. The highest BCUT2D eigenvalue weighted by atomic mass is 79.9. The number of hydrogen-bond donors (Lipinski definition) is 1. The predicted molar refractivity (Wildman–Crippen MR) is 87.3 cm³/mol. The van der Waals surface area contributed by atoms with Gasteiger partial charge in [0.2, 0.25) is 0 Å². The van der Waals surface area contributed by atoms with Crippen molar-refractivity contribution in [2.24, 2.45) is 0 Å². The second-order valence-corrected chi connectivity index (χ2v) is 7.73. The van der Waals surface area contributed by atoms with E-state index in [0.29, 0.717) is 0 Å². The van der Waals surface area contributed by atoms with Crippen LogP contribution in [0.4, 0.5) is 0 Å². The Balaban J connectivity index is 2.17. The molecule has 1 aliphatic heterocycles. The fourth-order valence-electron chi connectivity index (χ4n) is 2.61. The Bertz CT molecular complexity index is 485. The Labute approximate surface area is 130 Å². The number of rotatable bonds is 3. The second kappa shape index (κ2) is 5.66. The van der Waals surface area contributed by atoms with Gasteiger partial charge in [-0.05, 0) is 61.3 Å². The summed E-state index contributed by atoms with van der Waals surface area (Å²) in [5, 5.41) is 3.62. The third-order valence-electron chi connectivity index (χ3n) is 4.03. The average molecular weight is 341 g/mol. The number of ether oxygens (including phenoxy) is 1. The summed E-state index contributed by atoms with van der Waals surface area (Å²) in [6.45, 7) is 12.1. The first-order valence-electron chi connectivity index (χ1n) is 7.06. The highest BCUT2D eigenvalue weighted by molar-refractivity contribution is 9.10. The Morgan fingerprint density at radius 2 is 2.00 bits per heavy atom. The minimum absolute atomic E-state index is 0.166. The third-order valence-corrected chi connectivity index (χ3v) is 4.65. The third kappa shape index (κ3) is 3.54. The Hall–Kier alpha value is -0.580. The van der Waals surface area contributed by atoms with Gasteiger partial charge in [0.25, 0.3) is 0 Å². The smallest absolute Gasteiger partial charge is 0.133 e. The Morgan fingerprint density at radius 1 is 1.30 bits per heavy atom. The van der Waals surface area contributed by atoms with Crippen LogP contribution in [0.2, 0.25) is 0 Å². The molecule has 1 aliphatic rings. The van der Waals surface area contributed by atoms with Crippen LogP contribution in [0.3, 0.4) is 0 Å². The van der Waals surface area contributed by atoms with Gasteiger partial charge in [-0.3, -0.25) is 4.90 Å². The van der Waals surface area contributed by atoms with Gasteiger partial charge in [0.15, 0.2) is 0 Å². The summed E-state index contributed by atoms with van der Waals surface area (Å²) in [6, 6.07) is 6.33. The SMILES string of the molecule is COc1ccc(CN2CC(C)(C)NCC2(C)C)cc1Br. The van der Waals surface area contributed by atoms with E-state index in [1.165, 1.54) is 5.56 Å². The van der Waals surface area contributed by atoms with E-state index in [9.17, 15) is 0 Å². The van der Waals surface area contributed by atoms with Crippen LogP contribution in [0.1, 0.15) is 33.3 Å². The van der Waals surface area contributed by atoms with Crippen molar-refractivity contribution in [3.8, 4) is 5.75 Å². The van der Waals surface area contributed by atoms with E-state index in [1.807, 2.05) is 6.07 Å².